The van der Waals surface area contributed by atoms with Crippen LogP contribution in [0, 0.1) is 0 Å². The number of nitrogens with zero attached hydrogens (tertiary/aromatic N) is 3. The first-order valence-electron chi connectivity index (χ1n) is 5.49. The molecule has 86 valence electrons. The normalized spacial score (nSPS) is 14.9. The highest BCUT2D eigenvalue weighted by molar-refractivity contribution is 6.32. The largest absolute Gasteiger partial charge is 0.384 e. The van der Waals surface area contributed by atoms with Crippen molar-refractivity contribution >= 4 is 17.4 Å². The Hall–Kier alpha value is -1.68. The van der Waals surface area contributed by atoms with Gasteiger partial charge in [-0.25, -0.2) is 9.97 Å². The molecule has 0 bridgehead atoms. The fourth-order valence-corrected chi connectivity index (χ4v) is 1.94. The third kappa shape index (κ3) is 2.08. The van der Waals surface area contributed by atoms with Gasteiger partial charge in [0.25, 0.3) is 0 Å². The van der Waals surface area contributed by atoms with E-state index in [0.29, 0.717) is 28.3 Å². The molecule has 0 radical (unpaired) electrons. The number of nitrogens with two attached hydrogens (primary N) is 1. The van der Waals surface area contributed by atoms with Crippen molar-refractivity contribution < 1.29 is 0 Å². The highest BCUT2D eigenvalue weighted by Gasteiger charge is 2.26. The standard InChI is InChI=1S/C12H11ClN4/c13-8-2-1-5-15-11(8)12-16-9(7-3-4-7)6-10(14)17-12/h1-2,5-7H,3-4H2,(H2,14,16,17). The van der Waals surface area contributed by atoms with E-state index >= 15 is 0 Å². The topological polar surface area (TPSA) is 64.7 Å². The fraction of sp³-hybridized carbons (Fsp3) is 0.250. The first kappa shape index (κ1) is 10.5. The van der Waals surface area contributed by atoms with E-state index in [9.17, 15) is 0 Å². The summed E-state index contributed by atoms with van der Waals surface area (Å²) in [5, 5.41) is 0.542. The molecule has 0 saturated heterocycles. The van der Waals surface area contributed by atoms with Gasteiger partial charge in [0.15, 0.2) is 5.82 Å². The number of aromatic nitrogens is 3. The number of hydrogen-bond donors (Lipinski definition) is 1. The van der Waals surface area contributed by atoms with Gasteiger partial charge in [0.2, 0.25) is 0 Å². The summed E-state index contributed by atoms with van der Waals surface area (Å²) in [5.74, 6) is 1.51. The summed E-state index contributed by atoms with van der Waals surface area (Å²) in [7, 11) is 0. The lowest BCUT2D eigenvalue weighted by atomic mass is 10.2. The van der Waals surface area contributed by atoms with Gasteiger partial charge in [-0.05, 0) is 25.0 Å². The van der Waals surface area contributed by atoms with E-state index in [2.05, 4.69) is 15.0 Å². The number of anilines is 1. The third-order valence-electron chi connectivity index (χ3n) is 2.73. The first-order valence-corrected chi connectivity index (χ1v) is 5.87. The Morgan fingerprint density at radius 1 is 1.29 bits per heavy atom. The van der Waals surface area contributed by atoms with Crippen molar-refractivity contribution in [1.29, 1.82) is 0 Å². The molecule has 0 aliphatic heterocycles. The molecule has 0 atom stereocenters. The molecule has 0 spiro atoms. The third-order valence-corrected chi connectivity index (χ3v) is 3.04. The van der Waals surface area contributed by atoms with Gasteiger partial charge < -0.3 is 5.73 Å². The molecule has 1 aliphatic carbocycles. The summed E-state index contributed by atoms with van der Waals surface area (Å²) in [6.45, 7) is 0. The summed E-state index contributed by atoms with van der Waals surface area (Å²) in [6, 6.07) is 5.38. The van der Waals surface area contributed by atoms with Crippen LogP contribution >= 0.6 is 11.6 Å². The van der Waals surface area contributed by atoms with Crippen molar-refractivity contribution in [3.63, 3.8) is 0 Å². The van der Waals surface area contributed by atoms with Crippen LogP contribution in [0.1, 0.15) is 24.5 Å². The zero-order valence-corrected chi connectivity index (χ0v) is 9.85. The molecule has 2 aromatic rings. The summed E-state index contributed by atoms with van der Waals surface area (Å²) in [4.78, 5) is 12.9. The predicted molar refractivity (Wildman–Crippen MR) is 66.7 cm³/mol. The highest BCUT2D eigenvalue weighted by atomic mass is 35.5. The Bertz CT molecular complexity index is 566. The second-order valence-corrected chi connectivity index (χ2v) is 4.56. The Balaban J connectivity index is 2.11. The minimum Gasteiger partial charge on any atom is -0.384 e. The smallest absolute Gasteiger partial charge is 0.181 e. The molecule has 0 amide bonds. The lowest BCUT2D eigenvalue weighted by Crippen LogP contribution is -2.00. The molecular formula is C12H11ClN4. The Morgan fingerprint density at radius 2 is 2.12 bits per heavy atom. The summed E-state index contributed by atoms with van der Waals surface area (Å²) in [6.07, 6.45) is 4.02. The van der Waals surface area contributed by atoms with Crippen LogP contribution < -0.4 is 5.73 Å². The second kappa shape index (κ2) is 3.96. The van der Waals surface area contributed by atoms with Crippen LogP contribution in [0.3, 0.4) is 0 Å². The van der Waals surface area contributed by atoms with E-state index in [1.165, 1.54) is 12.8 Å². The molecule has 1 saturated carbocycles. The van der Waals surface area contributed by atoms with Gasteiger partial charge in [0.1, 0.15) is 11.5 Å². The average molecular weight is 247 g/mol. The number of halogens is 1. The van der Waals surface area contributed by atoms with Gasteiger partial charge in [-0.3, -0.25) is 4.98 Å². The maximum absolute atomic E-state index is 6.08. The molecule has 0 aromatic carbocycles. The summed E-state index contributed by atoms with van der Waals surface area (Å²) in [5.41, 5.74) is 7.37. The van der Waals surface area contributed by atoms with Crippen LogP contribution in [0.5, 0.6) is 0 Å². The van der Waals surface area contributed by atoms with Crippen molar-refractivity contribution in [2.75, 3.05) is 5.73 Å². The Labute approximate surface area is 104 Å². The maximum Gasteiger partial charge on any atom is 0.181 e. The quantitative estimate of drug-likeness (QED) is 0.885. The molecule has 3 rings (SSSR count). The van der Waals surface area contributed by atoms with E-state index in [1.807, 2.05) is 6.07 Å². The zero-order valence-electron chi connectivity index (χ0n) is 9.10. The average Bonchev–Trinajstić information content (AvgIpc) is 3.12. The molecule has 0 unspecified atom stereocenters. The number of hydrogen-bond acceptors (Lipinski definition) is 4. The van der Waals surface area contributed by atoms with Gasteiger partial charge in [-0.2, -0.15) is 0 Å². The number of nitrogen functional groups attached to an aromatic ring is 1. The van der Waals surface area contributed by atoms with Crippen LogP contribution in [-0.2, 0) is 0 Å². The molecule has 1 aliphatic rings. The van der Waals surface area contributed by atoms with Crippen molar-refractivity contribution in [2.24, 2.45) is 0 Å². The molecule has 5 heteroatoms. The minimum atomic E-state index is 0.471. The summed E-state index contributed by atoms with van der Waals surface area (Å²) < 4.78 is 0. The van der Waals surface area contributed by atoms with Gasteiger partial charge >= 0.3 is 0 Å². The van der Waals surface area contributed by atoms with Crippen LogP contribution in [0.25, 0.3) is 11.5 Å². The van der Waals surface area contributed by atoms with Crippen LogP contribution in [-0.4, -0.2) is 15.0 Å². The summed E-state index contributed by atoms with van der Waals surface area (Å²) >= 11 is 6.08. The Morgan fingerprint density at radius 3 is 2.82 bits per heavy atom. The van der Waals surface area contributed by atoms with Crippen molar-refractivity contribution in [2.45, 2.75) is 18.8 Å². The highest BCUT2D eigenvalue weighted by Crippen LogP contribution is 2.40. The minimum absolute atomic E-state index is 0.471. The van der Waals surface area contributed by atoms with Crippen molar-refractivity contribution in [3.8, 4) is 11.5 Å². The number of pyridine rings is 1. The zero-order chi connectivity index (χ0) is 11.8. The van der Waals surface area contributed by atoms with Crippen LogP contribution in [0.15, 0.2) is 24.4 Å². The monoisotopic (exact) mass is 246 g/mol. The van der Waals surface area contributed by atoms with Crippen molar-refractivity contribution in [3.05, 3.63) is 35.1 Å². The SMILES string of the molecule is Nc1cc(C2CC2)nc(-c2ncccc2Cl)n1. The lowest BCUT2D eigenvalue weighted by molar-refractivity contribution is 0.992. The molecule has 1 fully saturated rings. The van der Waals surface area contributed by atoms with E-state index in [-0.39, 0.29) is 0 Å². The van der Waals surface area contributed by atoms with E-state index in [0.717, 1.165) is 5.69 Å². The predicted octanol–water partition coefficient (Wildman–Crippen LogP) is 2.65. The molecule has 2 heterocycles. The van der Waals surface area contributed by atoms with E-state index < -0.39 is 0 Å². The first-order chi connectivity index (χ1) is 8.24. The van der Waals surface area contributed by atoms with Crippen LogP contribution in [0.2, 0.25) is 5.02 Å². The van der Waals surface area contributed by atoms with Gasteiger partial charge in [-0.15, -0.1) is 0 Å². The molecule has 2 aromatic heterocycles. The maximum atomic E-state index is 6.08. The van der Waals surface area contributed by atoms with Gasteiger partial charge in [0, 0.05) is 23.9 Å². The van der Waals surface area contributed by atoms with Gasteiger partial charge in [-0.1, -0.05) is 11.6 Å². The Kier molecular flexibility index (Phi) is 2.44. The molecule has 4 nitrogen and oxygen atoms in total. The second-order valence-electron chi connectivity index (χ2n) is 4.15. The van der Waals surface area contributed by atoms with E-state index in [4.69, 9.17) is 17.3 Å². The number of rotatable bonds is 2. The van der Waals surface area contributed by atoms with Crippen LogP contribution in [0.4, 0.5) is 5.82 Å². The van der Waals surface area contributed by atoms with E-state index in [1.54, 1.807) is 18.3 Å². The molecular weight excluding hydrogens is 236 g/mol. The van der Waals surface area contributed by atoms with Gasteiger partial charge in [0.05, 0.1) is 5.02 Å². The van der Waals surface area contributed by atoms with Crippen molar-refractivity contribution in [1.82, 2.24) is 15.0 Å². The fourth-order valence-electron chi connectivity index (χ4n) is 1.73. The molecule has 17 heavy (non-hydrogen) atoms. The molecule has 2 N–H and O–H groups in total. The lowest BCUT2D eigenvalue weighted by Gasteiger charge is -2.05.